The first-order chi connectivity index (χ1) is 8.71. The molecule has 1 N–H and O–H groups in total. The van der Waals surface area contributed by atoms with E-state index in [0.717, 1.165) is 5.56 Å². The first kappa shape index (κ1) is 12.5. The SMILES string of the molecule is C#CCN1C(=O)C(CC)Oc2cc(CO)ccc21. The number of amides is 1. The van der Waals surface area contributed by atoms with Crippen molar-refractivity contribution >= 4 is 11.6 Å². The lowest BCUT2D eigenvalue weighted by Crippen LogP contribution is -2.45. The number of benzene rings is 1. The summed E-state index contributed by atoms with van der Waals surface area (Å²) in [7, 11) is 0. The number of hydrogen-bond donors (Lipinski definition) is 1. The lowest BCUT2D eigenvalue weighted by atomic mass is 10.1. The summed E-state index contributed by atoms with van der Waals surface area (Å²) in [6.45, 7) is 2.05. The van der Waals surface area contributed by atoms with Crippen molar-refractivity contribution < 1.29 is 14.6 Å². The van der Waals surface area contributed by atoms with Crippen LogP contribution in [0.25, 0.3) is 0 Å². The van der Waals surface area contributed by atoms with E-state index in [0.29, 0.717) is 17.9 Å². The fraction of sp³-hybridized carbons (Fsp3) is 0.357. The molecule has 1 aliphatic heterocycles. The van der Waals surface area contributed by atoms with Gasteiger partial charge in [0.1, 0.15) is 5.75 Å². The number of rotatable bonds is 3. The minimum Gasteiger partial charge on any atom is -0.478 e. The zero-order valence-electron chi connectivity index (χ0n) is 10.2. The first-order valence-electron chi connectivity index (χ1n) is 5.86. The van der Waals surface area contributed by atoms with E-state index in [1.807, 2.05) is 6.92 Å². The molecule has 94 valence electrons. The average Bonchev–Trinajstić information content (AvgIpc) is 2.41. The Morgan fingerprint density at radius 3 is 2.94 bits per heavy atom. The highest BCUT2D eigenvalue weighted by Gasteiger charge is 2.32. The summed E-state index contributed by atoms with van der Waals surface area (Å²) in [5, 5.41) is 9.12. The van der Waals surface area contributed by atoms with Crippen LogP contribution in [0.4, 0.5) is 5.69 Å². The normalized spacial score (nSPS) is 17.9. The van der Waals surface area contributed by atoms with Gasteiger partial charge in [0.2, 0.25) is 0 Å². The van der Waals surface area contributed by atoms with Crippen molar-refractivity contribution in [2.24, 2.45) is 0 Å². The van der Waals surface area contributed by atoms with E-state index >= 15 is 0 Å². The first-order valence-corrected chi connectivity index (χ1v) is 5.86. The molecule has 0 radical (unpaired) electrons. The molecule has 2 rings (SSSR count). The summed E-state index contributed by atoms with van der Waals surface area (Å²) in [6, 6.07) is 5.25. The summed E-state index contributed by atoms with van der Waals surface area (Å²) in [5.41, 5.74) is 1.42. The maximum absolute atomic E-state index is 12.1. The number of anilines is 1. The number of nitrogens with zero attached hydrogens (tertiary/aromatic N) is 1. The van der Waals surface area contributed by atoms with E-state index in [4.69, 9.17) is 16.3 Å². The molecule has 1 amide bonds. The fourth-order valence-electron chi connectivity index (χ4n) is 1.98. The largest absolute Gasteiger partial charge is 0.478 e. The van der Waals surface area contributed by atoms with Gasteiger partial charge in [0.15, 0.2) is 6.10 Å². The Morgan fingerprint density at radius 1 is 1.56 bits per heavy atom. The molecule has 0 saturated heterocycles. The molecule has 4 heteroatoms. The molecule has 0 saturated carbocycles. The molecular formula is C14H15NO3. The lowest BCUT2D eigenvalue weighted by Gasteiger charge is -2.33. The molecular weight excluding hydrogens is 230 g/mol. The third-order valence-electron chi connectivity index (χ3n) is 2.93. The van der Waals surface area contributed by atoms with Gasteiger partial charge < -0.3 is 9.84 Å². The molecule has 0 aliphatic carbocycles. The minimum absolute atomic E-state index is 0.0590. The van der Waals surface area contributed by atoms with Gasteiger partial charge in [-0.25, -0.2) is 0 Å². The van der Waals surface area contributed by atoms with Crippen molar-refractivity contribution in [1.29, 1.82) is 0 Å². The van der Waals surface area contributed by atoms with E-state index < -0.39 is 6.10 Å². The zero-order valence-corrected chi connectivity index (χ0v) is 10.2. The monoisotopic (exact) mass is 245 g/mol. The average molecular weight is 245 g/mol. The summed E-state index contributed by atoms with van der Waals surface area (Å²) >= 11 is 0. The maximum Gasteiger partial charge on any atom is 0.269 e. The number of carbonyl (C=O) groups excluding carboxylic acids is 1. The van der Waals surface area contributed by atoms with Crippen LogP contribution in [0.3, 0.4) is 0 Å². The number of carbonyl (C=O) groups is 1. The summed E-state index contributed by atoms with van der Waals surface area (Å²) in [4.78, 5) is 13.7. The van der Waals surface area contributed by atoms with Crippen molar-refractivity contribution in [2.45, 2.75) is 26.1 Å². The van der Waals surface area contributed by atoms with Crippen LogP contribution >= 0.6 is 0 Å². The van der Waals surface area contributed by atoms with E-state index in [-0.39, 0.29) is 19.1 Å². The molecule has 4 nitrogen and oxygen atoms in total. The Morgan fingerprint density at radius 2 is 2.33 bits per heavy atom. The molecule has 0 spiro atoms. The zero-order chi connectivity index (χ0) is 13.1. The molecule has 18 heavy (non-hydrogen) atoms. The summed E-state index contributed by atoms with van der Waals surface area (Å²) in [6.07, 6.45) is 5.38. The van der Waals surface area contributed by atoms with Gasteiger partial charge in [0, 0.05) is 0 Å². The lowest BCUT2D eigenvalue weighted by molar-refractivity contribution is -0.126. The fourth-order valence-corrected chi connectivity index (χ4v) is 1.98. The number of fused-ring (bicyclic) bond motifs is 1. The molecule has 1 atom stereocenters. The third kappa shape index (κ3) is 2.05. The Hall–Kier alpha value is -1.99. The van der Waals surface area contributed by atoms with Crippen molar-refractivity contribution in [3.8, 4) is 18.1 Å². The highest BCUT2D eigenvalue weighted by Crippen LogP contribution is 2.35. The molecule has 0 fully saturated rings. The van der Waals surface area contributed by atoms with Gasteiger partial charge in [-0.3, -0.25) is 9.69 Å². The highest BCUT2D eigenvalue weighted by molar-refractivity contribution is 6.00. The van der Waals surface area contributed by atoms with Crippen molar-refractivity contribution in [1.82, 2.24) is 0 Å². The van der Waals surface area contributed by atoms with Crippen molar-refractivity contribution in [3.63, 3.8) is 0 Å². The van der Waals surface area contributed by atoms with Gasteiger partial charge in [-0.1, -0.05) is 18.9 Å². The van der Waals surface area contributed by atoms with E-state index in [1.165, 1.54) is 0 Å². The molecule has 1 aliphatic rings. The van der Waals surface area contributed by atoms with Crippen LogP contribution in [0, 0.1) is 12.3 Å². The van der Waals surface area contributed by atoms with Crippen LogP contribution in [-0.4, -0.2) is 23.7 Å². The Bertz CT molecular complexity index is 504. The molecule has 1 unspecified atom stereocenters. The minimum atomic E-state index is -0.500. The Balaban J connectivity index is 2.45. The molecule has 0 aromatic heterocycles. The second kappa shape index (κ2) is 5.11. The van der Waals surface area contributed by atoms with Gasteiger partial charge in [0.05, 0.1) is 18.8 Å². The number of aliphatic hydroxyl groups is 1. The molecule has 1 aromatic rings. The molecule has 1 aromatic carbocycles. The van der Waals surface area contributed by atoms with Crippen molar-refractivity contribution in [2.75, 3.05) is 11.4 Å². The number of ether oxygens (including phenoxy) is 1. The Kier molecular flexibility index (Phi) is 3.54. The third-order valence-corrected chi connectivity index (χ3v) is 2.93. The predicted molar refractivity (Wildman–Crippen MR) is 68.3 cm³/mol. The van der Waals surface area contributed by atoms with Crippen LogP contribution in [0.2, 0.25) is 0 Å². The Labute approximate surface area is 106 Å². The maximum atomic E-state index is 12.1. The number of terminal acetylenes is 1. The van der Waals surface area contributed by atoms with Crippen LogP contribution in [-0.2, 0) is 11.4 Å². The number of hydrogen-bond acceptors (Lipinski definition) is 3. The van der Waals surface area contributed by atoms with Gasteiger partial charge in [0.25, 0.3) is 5.91 Å². The number of aliphatic hydroxyl groups excluding tert-OH is 1. The van der Waals surface area contributed by atoms with Crippen LogP contribution in [0.15, 0.2) is 18.2 Å². The van der Waals surface area contributed by atoms with Gasteiger partial charge in [-0.05, 0) is 24.1 Å². The van der Waals surface area contributed by atoms with Gasteiger partial charge in [-0.15, -0.1) is 6.42 Å². The van der Waals surface area contributed by atoms with E-state index in [9.17, 15) is 4.79 Å². The topological polar surface area (TPSA) is 49.8 Å². The molecule has 0 bridgehead atoms. The molecule has 1 heterocycles. The van der Waals surface area contributed by atoms with Crippen LogP contribution < -0.4 is 9.64 Å². The smallest absolute Gasteiger partial charge is 0.269 e. The van der Waals surface area contributed by atoms with E-state index in [2.05, 4.69) is 5.92 Å². The second-order valence-corrected chi connectivity index (χ2v) is 4.10. The van der Waals surface area contributed by atoms with Crippen LogP contribution in [0.5, 0.6) is 5.75 Å². The standard InChI is InChI=1S/C14H15NO3/c1-3-7-15-11-6-5-10(9-16)8-13(11)18-12(4-2)14(15)17/h1,5-6,8,12,16H,4,7,9H2,2H3. The predicted octanol–water partition coefficient (Wildman–Crippen LogP) is 1.32. The van der Waals surface area contributed by atoms with Gasteiger partial charge in [-0.2, -0.15) is 0 Å². The summed E-state index contributed by atoms with van der Waals surface area (Å²) in [5.74, 6) is 2.97. The van der Waals surface area contributed by atoms with E-state index in [1.54, 1.807) is 23.1 Å². The highest BCUT2D eigenvalue weighted by atomic mass is 16.5. The van der Waals surface area contributed by atoms with Gasteiger partial charge >= 0.3 is 0 Å². The van der Waals surface area contributed by atoms with Crippen LogP contribution in [0.1, 0.15) is 18.9 Å². The second-order valence-electron chi connectivity index (χ2n) is 4.10. The van der Waals surface area contributed by atoms with Crippen molar-refractivity contribution in [3.05, 3.63) is 23.8 Å². The summed E-state index contributed by atoms with van der Waals surface area (Å²) < 4.78 is 5.64. The quantitative estimate of drug-likeness (QED) is 0.817.